The van der Waals surface area contributed by atoms with E-state index in [4.69, 9.17) is 0 Å². The summed E-state index contributed by atoms with van der Waals surface area (Å²) in [7, 11) is 2.30. The van der Waals surface area contributed by atoms with Gasteiger partial charge in [0, 0.05) is 6.54 Å². The minimum Gasteiger partial charge on any atom is -0.302 e. The van der Waals surface area contributed by atoms with Gasteiger partial charge >= 0.3 is 0 Å². The third kappa shape index (κ3) is 3.03. The smallest absolute Gasteiger partial charge is 0.0190 e. The maximum atomic E-state index is 2.64. The topological polar surface area (TPSA) is 3.24 Å². The molecule has 3 rings (SSSR count). The number of fused-ring (bicyclic) bond motifs is 5. The van der Waals surface area contributed by atoms with Crippen molar-refractivity contribution in [2.24, 2.45) is 29.6 Å². The second kappa shape index (κ2) is 6.05. The van der Waals surface area contributed by atoms with E-state index in [0.29, 0.717) is 0 Å². The molecule has 0 spiro atoms. The summed E-state index contributed by atoms with van der Waals surface area (Å²) in [6.45, 7) is 7.14. The lowest BCUT2D eigenvalue weighted by atomic mass is 9.85. The summed E-state index contributed by atoms with van der Waals surface area (Å²) in [4.78, 5) is 2.54. The molecule has 1 saturated carbocycles. The van der Waals surface area contributed by atoms with Gasteiger partial charge in [-0.05, 0) is 62.4 Å². The Morgan fingerprint density at radius 1 is 1.20 bits per heavy atom. The second-order valence-corrected chi connectivity index (χ2v) is 7.85. The first kappa shape index (κ1) is 14.4. The van der Waals surface area contributed by atoms with Crippen LogP contribution in [0.1, 0.15) is 46.0 Å². The molecule has 0 heterocycles. The van der Waals surface area contributed by atoms with Crippen LogP contribution in [-0.2, 0) is 0 Å². The summed E-state index contributed by atoms with van der Waals surface area (Å²) >= 11 is 0. The third-order valence-electron chi connectivity index (χ3n) is 5.66. The first-order chi connectivity index (χ1) is 9.63. The van der Waals surface area contributed by atoms with Crippen molar-refractivity contribution in [3.05, 3.63) is 23.8 Å². The number of hydrogen-bond donors (Lipinski definition) is 0. The summed E-state index contributed by atoms with van der Waals surface area (Å²) < 4.78 is 0. The monoisotopic (exact) mass is 273 g/mol. The molecule has 3 aliphatic rings. The van der Waals surface area contributed by atoms with E-state index in [2.05, 4.69) is 44.0 Å². The average Bonchev–Trinajstić information content (AvgIpc) is 3.05. The molecule has 0 saturated heterocycles. The predicted molar refractivity (Wildman–Crippen MR) is 86.6 cm³/mol. The molecule has 0 aliphatic heterocycles. The fraction of sp³-hybridized carbons (Fsp3) is 0.789. The van der Waals surface area contributed by atoms with E-state index in [9.17, 15) is 0 Å². The highest BCUT2D eigenvalue weighted by Gasteiger charge is 2.46. The summed E-state index contributed by atoms with van der Waals surface area (Å²) in [6, 6.07) is 0. The molecule has 112 valence electrons. The van der Waals surface area contributed by atoms with Crippen LogP contribution in [0.15, 0.2) is 23.8 Å². The molecule has 1 heteroatoms. The first-order valence-electron chi connectivity index (χ1n) is 8.70. The Kier molecular flexibility index (Phi) is 4.35. The largest absolute Gasteiger partial charge is 0.302 e. The van der Waals surface area contributed by atoms with Crippen LogP contribution in [0.3, 0.4) is 0 Å². The lowest BCUT2D eigenvalue weighted by Crippen LogP contribution is -2.22. The lowest BCUT2D eigenvalue weighted by molar-refractivity contribution is 0.335. The van der Waals surface area contributed by atoms with Crippen LogP contribution in [0.25, 0.3) is 0 Å². The normalized spacial score (nSPS) is 34.4. The van der Waals surface area contributed by atoms with E-state index in [1.807, 2.05) is 0 Å². The number of nitrogens with zero attached hydrogens (tertiary/aromatic N) is 1. The van der Waals surface area contributed by atoms with Crippen LogP contribution < -0.4 is 0 Å². The molecule has 0 N–H and O–H groups in total. The molecule has 2 bridgehead atoms. The van der Waals surface area contributed by atoms with Crippen LogP contribution in [0, 0.1) is 29.6 Å². The first-order valence-corrected chi connectivity index (χ1v) is 8.70. The fourth-order valence-electron chi connectivity index (χ4n) is 4.62. The molecule has 1 nitrogen and oxygen atoms in total. The SMILES string of the molecule is CC(C)CCCCN(C)CC1=CC2C3C=CC(C3)C2C1. The molecule has 4 unspecified atom stereocenters. The van der Waals surface area contributed by atoms with Gasteiger partial charge in [-0.3, -0.25) is 0 Å². The van der Waals surface area contributed by atoms with E-state index in [-0.39, 0.29) is 0 Å². The third-order valence-corrected chi connectivity index (χ3v) is 5.66. The number of allylic oxidation sites excluding steroid dienone is 3. The molecule has 0 aromatic rings. The van der Waals surface area contributed by atoms with Crippen molar-refractivity contribution in [2.45, 2.75) is 46.0 Å². The molecule has 4 atom stereocenters. The Bertz CT molecular complexity index is 393. The van der Waals surface area contributed by atoms with Crippen LogP contribution in [0.4, 0.5) is 0 Å². The van der Waals surface area contributed by atoms with Crippen molar-refractivity contribution in [3.8, 4) is 0 Å². The number of unbranched alkanes of at least 4 members (excludes halogenated alkanes) is 1. The second-order valence-electron chi connectivity index (χ2n) is 7.85. The van der Waals surface area contributed by atoms with Gasteiger partial charge in [-0.1, -0.05) is 50.5 Å². The molecule has 0 aromatic carbocycles. The molecular weight excluding hydrogens is 242 g/mol. The van der Waals surface area contributed by atoms with Gasteiger partial charge in [0.05, 0.1) is 0 Å². The zero-order valence-corrected chi connectivity index (χ0v) is 13.5. The molecular formula is C19H31N. The van der Waals surface area contributed by atoms with Crippen molar-refractivity contribution in [3.63, 3.8) is 0 Å². The molecule has 0 radical (unpaired) electrons. The van der Waals surface area contributed by atoms with Crippen molar-refractivity contribution >= 4 is 0 Å². The molecule has 3 aliphatic carbocycles. The molecule has 0 amide bonds. The van der Waals surface area contributed by atoms with Crippen molar-refractivity contribution in [1.29, 1.82) is 0 Å². The van der Waals surface area contributed by atoms with Crippen molar-refractivity contribution < 1.29 is 0 Å². The van der Waals surface area contributed by atoms with Gasteiger partial charge in [-0.2, -0.15) is 0 Å². The van der Waals surface area contributed by atoms with E-state index in [1.54, 1.807) is 5.57 Å². The summed E-state index contributed by atoms with van der Waals surface area (Å²) in [5.41, 5.74) is 1.73. The lowest BCUT2D eigenvalue weighted by Gasteiger charge is -2.20. The van der Waals surface area contributed by atoms with Gasteiger partial charge in [-0.25, -0.2) is 0 Å². The standard InChI is InChI=1S/C19H31N/c1-14(2)6-4-5-9-20(3)13-15-10-18-16-7-8-17(12-16)19(18)11-15/h7-8,10,14,16-19H,4-6,9,11-13H2,1-3H3. The number of hydrogen-bond acceptors (Lipinski definition) is 1. The average molecular weight is 273 g/mol. The van der Waals surface area contributed by atoms with Crippen molar-refractivity contribution in [2.75, 3.05) is 20.1 Å². The zero-order valence-electron chi connectivity index (χ0n) is 13.5. The Hall–Kier alpha value is -0.560. The van der Waals surface area contributed by atoms with E-state index < -0.39 is 0 Å². The van der Waals surface area contributed by atoms with E-state index in [1.165, 1.54) is 45.2 Å². The summed E-state index contributed by atoms with van der Waals surface area (Å²) in [5.74, 6) is 4.53. The molecule has 0 aromatic heterocycles. The van der Waals surface area contributed by atoms with Crippen LogP contribution in [-0.4, -0.2) is 25.0 Å². The van der Waals surface area contributed by atoms with Gasteiger partial charge in [0.1, 0.15) is 0 Å². The van der Waals surface area contributed by atoms with Gasteiger partial charge < -0.3 is 4.90 Å². The Morgan fingerprint density at radius 3 is 2.75 bits per heavy atom. The van der Waals surface area contributed by atoms with Gasteiger partial charge in [0.15, 0.2) is 0 Å². The molecule has 20 heavy (non-hydrogen) atoms. The Balaban J connectivity index is 1.40. The van der Waals surface area contributed by atoms with Gasteiger partial charge in [0.25, 0.3) is 0 Å². The van der Waals surface area contributed by atoms with Crippen LogP contribution in [0.2, 0.25) is 0 Å². The van der Waals surface area contributed by atoms with E-state index >= 15 is 0 Å². The highest BCUT2D eigenvalue weighted by atomic mass is 15.1. The van der Waals surface area contributed by atoms with Crippen LogP contribution >= 0.6 is 0 Å². The van der Waals surface area contributed by atoms with E-state index in [0.717, 1.165) is 29.6 Å². The highest BCUT2D eigenvalue weighted by Crippen LogP contribution is 2.54. The van der Waals surface area contributed by atoms with Crippen LogP contribution in [0.5, 0.6) is 0 Å². The summed E-state index contributed by atoms with van der Waals surface area (Å²) in [5, 5.41) is 0. The van der Waals surface area contributed by atoms with Gasteiger partial charge in [0.2, 0.25) is 0 Å². The zero-order chi connectivity index (χ0) is 14.1. The minimum atomic E-state index is 0.861. The maximum absolute atomic E-state index is 2.64. The van der Waals surface area contributed by atoms with Gasteiger partial charge in [-0.15, -0.1) is 0 Å². The highest BCUT2D eigenvalue weighted by molar-refractivity contribution is 5.27. The number of rotatable bonds is 7. The Labute approximate surface area is 125 Å². The molecule has 1 fully saturated rings. The fourth-order valence-corrected chi connectivity index (χ4v) is 4.62. The summed E-state index contributed by atoms with van der Waals surface area (Å²) in [6.07, 6.45) is 14.6. The quantitative estimate of drug-likeness (QED) is 0.487. The maximum Gasteiger partial charge on any atom is 0.0190 e. The predicted octanol–water partition coefficient (Wildman–Crippen LogP) is 4.51. The number of likely N-dealkylation sites (N-methyl/N-ethyl adjacent to an activating group) is 1. The van der Waals surface area contributed by atoms with Crippen molar-refractivity contribution in [1.82, 2.24) is 4.90 Å². The minimum absolute atomic E-state index is 0.861. The Morgan fingerprint density at radius 2 is 2.00 bits per heavy atom.